The Bertz CT molecular complexity index is 463. The number of hydrogen-bond acceptors (Lipinski definition) is 7. The molecule has 9 nitrogen and oxygen atoms in total. The van der Waals surface area contributed by atoms with Gasteiger partial charge in [0.1, 0.15) is 24.4 Å². The summed E-state index contributed by atoms with van der Waals surface area (Å²) in [6, 6.07) is -1.14. The molecule has 146 valence electrons. The fourth-order valence-electron chi connectivity index (χ4n) is 2.19. The van der Waals surface area contributed by atoms with Gasteiger partial charge in [-0.25, -0.2) is 0 Å². The number of carbonyl (C=O) groups is 2. The lowest BCUT2D eigenvalue weighted by Gasteiger charge is -2.42. The van der Waals surface area contributed by atoms with Gasteiger partial charge in [0.15, 0.2) is 6.29 Å². The van der Waals surface area contributed by atoms with Crippen LogP contribution in [0.3, 0.4) is 0 Å². The Kier molecular flexibility index (Phi) is 8.02. The van der Waals surface area contributed by atoms with E-state index in [4.69, 9.17) is 14.6 Å². The molecule has 1 aliphatic rings. The van der Waals surface area contributed by atoms with Crippen LogP contribution >= 0.6 is 0 Å². The van der Waals surface area contributed by atoms with Gasteiger partial charge in [0.05, 0.1) is 13.2 Å². The maximum Gasteiger partial charge on any atom is 0.471 e. The second-order valence-corrected chi connectivity index (χ2v) is 5.41. The first kappa shape index (κ1) is 21.6. The molecule has 5 atom stereocenters. The molecule has 0 spiro atoms. The molecule has 25 heavy (non-hydrogen) atoms. The van der Waals surface area contributed by atoms with Gasteiger partial charge in [0, 0.05) is 13.5 Å². The predicted octanol–water partition coefficient (Wildman–Crippen LogP) is -1.98. The van der Waals surface area contributed by atoms with Crippen LogP contribution in [0.2, 0.25) is 0 Å². The summed E-state index contributed by atoms with van der Waals surface area (Å²) in [6.07, 6.45) is -10.3. The molecule has 0 aliphatic carbocycles. The van der Waals surface area contributed by atoms with Gasteiger partial charge in [-0.15, -0.1) is 0 Å². The van der Waals surface area contributed by atoms with E-state index in [1.54, 1.807) is 5.32 Å². The zero-order valence-corrected chi connectivity index (χ0v) is 13.3. The molecule has 0 bridgehead atoms. The Morgan fingerprint density at radius 1 is 1.24 bits per heavy atom. The molecule has 1 saturated heterocycles. The molecular weight excluding hydrogens is 353 g/mol. The number of rotatable bonds is 7. The molecule has 1 aliphatic heterocycles. The van der Waals surface area contributed by atoms with Gasteiger partial charge in [-0.3, -0.25) is 9.59 Å². The average molecular weight is 374 g/mol. The Morgan fingerprint density at radius 2 is 1.88 bits per heavy atom. The van der Waals surface area contributed by atoms with E-state index in [9.17, 15) is 33.0 Å². The Labute approximate surface area is 141 Å². The van der Waals surface area contributed by atoms with E-state index < -0.39 is 55.2 Å². The van der Waals surface area contributed by atoms with Gasteiger partial charge < -0.3 is 35.4 Å². The first-order valence-electron chi connectivity index (χ1n) is 7.44. The lowest BCUT2D eigenvalue weighted by atomic mass is 9.97. The normalized spacial score (nSPS) is 30.0. The molecular formula is C13H21F3N2O7. The number of halogens is 3. The monoisotopic (exact) mass is 374 g/mol. The Morgan fingerprint density at radius 3 is 2.40 bits per heavy atom. The largest absolute Gasteiger partial charge is 0.471 e. The molecule has 0 aromatic carbocycles. The number of carbonyl (C=O) groups excluding carboxylic acids is 2. The number of aliphatic hydroxyl groups excluding tert-OH is 3. The predicted molar refractivity (Wildman–Crippen MR) is 75.0 cm³/mol. The van der Waals surface area contributed by atoms with Crippen LogP contribution < -0.4 is 10.6 Å². The fraction of sp³-hybridized carbons (Fsp3) is 0.846. The number of aliphatic hydroxyl groups is 3. The highest BCUT2D eigenvalue weighted by Gasteiger charge is 2.45. The summed E-state index contributed by atoms with van der Waals surface area (Å²) in [4.78, 5) is 21.8. The van der Waals surface area contributed by atoms with Crippen LogP contribution in [0, 0.1) is 0 Å². The zero-order valence-electron chi connectivity index (χ0n) is 13.3. The molecule has 12 heteroatoms. The molecule has 1 fully saturated rings. The molecule has 5 N–H and O–H groups in total. The van der Waals surface area contributed by atoms with E-state index >= 15 is 0 Å². The first-order chi connectivity index (χ1) is 11.6. The number of alkyl halides is 3. The highest BCUT2D eigenvalue weighted by atomic mass is 19.4. The highest BCUT2D eigenvalue weighted by Crippen LogP contribution is 2.22. The van der Waals surface area contributed by atoms with Crippen molar-refractivity contribution in [2.75, 3.05) is 19.8 Å². The van der Waals surface area contributed by atoms with Crippen LogP contribution in [-0.4, -0.2) is 83.7 Å². The molecule has 2 amide bonds. The van der Waals surface area contributed by atoms with Crippen molar-refractivity contribution in [2.45, 2.75) is 50.2 Å². The van der Waals surface area contributed by atoms with E-state index in [1.807, 2.05) is 0 Å². The van der Waals surface area contributed by atoms with Crippen LogP contribution in [0.4, 0.5) is 13.2 Å². The number of hydrogen-bond donors (Lipinski definition) is 5. The fourth-order valence-corrected chi connectivity index (χ4v) is 2.19. The van der Waals surface area contributed by atoms with Crippen molar-refractivity contribution in [3.05, 3.63) is 0 Å². The van der Waals surface area contributed by atoms with Gasteiger partial charge in [0.2, 0.25) is 5.91 Å². The zero-order chi connectivity index (χ0) is 19.2. The van der Waals surface area contributed by atoms with E-state index in [-0.39, 0.29) is 19.6 Å². The Balaban J connectivity index is 2.52. The maximum absolute atomic E-state index is 12.0. The average Bonchev–Trinajstić information content (AvgIpc) is 2.51. The molecule has 0 radical (unpaired) electrons. The van der Waals surface area contributed by atoms with Crippen LogP contribution in [0.1, 0.15) is 13.3 Å². The summed E-state index contributed by atoms with van der Waals surface area (Å²) < 4.78 is 46.5. The van der Waals surface area contributed by atoms with E-state index in [2.05, 4.69) is 5.32 Å². The third-order valence-corrected chi connectivity index (χ3v) is 3.40. The summed E-state index contributed by atoms with van der Waals surface area (Å²) in [5.74, 6) is -2.61. The van der Waals surface area contributed by atoms with Gasteiger partial charge in [-0.05, 0) is 6.42 Å². The summed E-state index contributed by atoms with van der Waals surface area (Å²) in [5.41, 5.74) is 0. The smallest absolute Gasteiger partial charge is 0.394 e. The topological polar surface area (TPSA) is 137 Å². The van der Waals surface area contributed by atoms with E-state index in [0.717, 1.165) is 0 Å². The molecule has 0 saturated carbocycles. The summed E-state index contributed by atoms with van der Waals surface area (Å²) in [6.45, 7) is 0.0673. The highest BCUT2D eigenvalue weighted by molar-refractivity contribution is 5.81. The molecule has 1 rings (SSSR count). The van der Waals surface area contributed by atoms with Crippen molar-refractivity contribution >= 4 is 11.8 Å². The van der Waals surface area contributed by atoms with E-state index in [1.165, 1.54) is 6.92 Å². The minimum absolute atomic E-state index is 0.00306. The minimum Gasteiger partial charge on any atom is -0.394 e. The lowest BCUT2D eigenvalue weighted by molar-refractivity contribution is -0.270. The van der Waals surface area contributed by atoms with Crippen LogP contribution in [0.5, 0.6) is 0 Å². The van der Waals surface area contributed by atoms with Gasteiger partial charge in [-0.1, -0.05) is 0 Å². The van der Waals surface area contributed by atoms with Gasteiger partial charge >= 0.3 is 12.1 Å². The second kappa shape index (κ2) is 9.29. The van der Waals surface area contributed by atoms with Gasteiger partial charge in [-0.2, -0.15) is 13.2 Å². The van der Waals surface area contributed by atoms with E-state index in [0.29, 0.717) is 0 Å². The summed E-state index contributed by atoms with van der Waals surface area (Å²) in [5, 5.41) is 32.9. The standard InChI is InChI=1S/C13H21F3N2O7/c1-6(20)18-8-10(22)9(21)7(5-19)25-11(8)24-4-2-3-17-12(23)13(14,15)16/h7-11,19,21-22H,2-5H2,1H3,(H,17,23)(H,18,20). The quantitative estimate of drug-likeness (QED) is 0.326. The minimum atomic E-state index is -4.97. The number of amides is 2. The number of nitrogens with one attached hydrogen (secondary N) is 2. The molecule has 0 aromatic rings. The van der Waals surface area contributed by atoms with Gasteiger partial charge in [0.25, 0.3) is 0 Å². The van der Waals surface area contributed by atoms with Crippen molar-refractivity contribution < 1.29 is 47.6 Å². The molecule has 5 unspecified atom stereocenters. The van der Waals surface area contributed by atoms with Crippen molar-refractivity contribution in [3.63, 3.8) is 0 Å². The molecule has 0 aromatic heterocycles. The van der Waals surface area contributed by atoms with Crippen molar-refractivity contribution in [3.8, 4) is 0 Å². The third kappa shape index (κ3) is 6.40. The maximum atomic E-state index is 12.0. The van der Waals surface area contributed by atoms with Crippen molar-refractivity contribution in [2.24, 2.45) is 0 Å². The molecule has 1 heterocycles. The SMILES string of the molecule is CC(=O)NC1C(OCCCNC(=O)C(F)(F)F)OC(CO)C(O)C1O. The lowest BCUT2D eigenvalue weighted by Crippen LogP contribution is -2.64. The number of ether oxygens (including phenoxy) is 2. The second-order valence-electron chi connectivity index (χ2n) is 5.41. The first-order valence-corrected chi connectivity index (χ1v) is 7.44. The third-order valence-electron chi connectivity index (χ3n) is 3.40. The van der Waals surface area contributed by atoms with Crippen LogP contribution in [-0.2, 0) is 19.1 Å². The summed E-state index contributed by atoms with van der Waals surface area (Å²) in [7, 11) is 0. The summed E-state index contributed by atoms with van der Waals surface area (Å²) >= 11 is 0. The van der Waals surface area contributed by atoms with Crippen LogP contribution in [0.25, 0.3) is 0 Å². The van der Waals surface area contributed by atoms with Crippen molar-refractivity contribution in [1.29, 1.82) is 0 Å². The van der Waals surface area contributed by atoms with Crippen LogP contribution in [0.15, 0.2) is 0 Å². The Hall–Kier alpha value is -1.47. The van der Waals surface area contributed by atoms with Crippen molar-refractivity contribution in [1.82, 2.24) is 10.6 Å².